The van der Waals surface area contributed by atoms with E-state index in [0.29, 0.717) is 19.0 Å². The van der Waals surface area contributed by atoms with Crippen LogP contribution in [-0.4, -0.2) is 37.2 Å². The number of nitrogens with one attached hydrogen (secondary N) is 2. The molecule has 2 rings (SSSR count). The molecule has 0 bridgehead atoms. The average molecular weight is 490 g/mol. The van der Waals surface area contributed by atoms with Crippen LogP contribution in [0.1, 0.15) is 18.1 Å². The molecule has 0 aliphatic rings. The van der Waals surface area contributed by atoms with Gasteiger partial charge in [-0.25, -0.2) is 8.78 Å². The summed E-state index contributed by atoms with van der Waals surface area (Å²) in [5, 5.41) is 6.28. The maximum atomic E-state index is 13.5. The van der Waals surface area contributed by atoms with Gasteiger partial charge in [-0.05, 0) is 49.6 Å². The van der Waals surface area contributed by atoms with Crippen LogP contribution in [0.2, 0.25) is 0 Å². The van der Waals surface area contributed by atoms with Crippen LogP contribution in [0.25, 0.3) is 0 Å². The van der Waals surface area contributed by atoms with Crippen molar-refractivity contribution in [1.29, 1.82) is 0 Å². The number of benzene rings is 1. The molecule has 0 spiro atoms. The summed E-state index contributed by atoms with van der Waals surface area (Å²) in [5.74, 6) is -0.636. The van der Waals surface area contributed by atoms with Crippen LogP contribution in [0.4, 0.5) is 8.78 Å². The fraction of sp³-hybridized carbons (Fsp3) is 0.368. The van der Waals surface area contributed by atoms with Crippen molar-refractivity contribution >= 4 is 29.9 Å². The lowest BCUT2D eigenvalue weighted by Crippen LogP contribution is -2.39. The summed E-state index contributed by atoms with van der Waals surface area (Å²) < 4.78 is 31.7. The summed E-state index contributed by atoms with van der Waals surface area (Å²) >= 11 is 0. The number of aryl methyl sites for hydroxylation is 1. The minimum atomic E-state index is -0.710. The molecule has 27 heavy (non-hydrogen) atoms. The lowest BCUT2D eigenvalue weighted by molar-refractivity contribution is 0.304. The molecule has 5 nitrogen and oxygen atoms in total. The molecule has 0 aliphatic heterocycles. The number of ether oxygens (including phenoxy) is 1. The molecule has 1 aromatic heterocycles. The number of rotatable bonds is 8. The molecule has 0 saturated heterocycles. The van der Waals surface area contributed by atoms with Crippen LogP contribution >= 0.6 is 24.0 Å². The summed E-state index contributed by atoms with van der Waals surface area (Å²) in [4.78, 5) is 8.60. The number of nitrogens with zero attached hydrogens (tertiary/aromatic N) is 2. The third-order valence-corrected chi connectivity index (χ3v) is 3.68. The Morgan fingerprint density at radius 1 is 1.22 bits per heavy atom. The van der Waals surface area contributed by atoms with Gasteiger partial charge in [0.05, 0.1) is 6.54 Å². The van der Waals surface area contributed by atoms with Gasteiger partial charge in [0.25, 0.3) is 0 Å². The van der Waals surface area contributed by atoms with Gasteiger partial charge in [0.15, 0.2) is 17.5 Å². The van der Waals surface area contributed by atoms with Crippen molar-refractivity contribution in [3.05, 3.63) is 59.4 Å². The van der Waals surface area contributed by atoms with E-state index in [1.165, 1.54) is 17.7 Å². The quantitative estimate of drug-likeness (QED) is 0.258. The highest BCUT2D eigenvalue weighted by atomic mass is 127. The molecule has 0 amide bonds. The van der Waals surface area contributed by atoms with E-state index in [2.05, 4.69) is 20.6 Å². The molecule has 8 heteroatoms. The molecule has 0 unspecified atom stereocenters. The first-order valence-corrected chi connectivity index (χ1v) is 8.59. The SMILES string of the molecule is CCNC(=NCCc1ccncc1C)NCCOc1ccc(F)cc1F.I. The highest BCUT2D eigenvalue weighted by Crippen LogP contribution is 2.17. The van der Waals surface area contributed by atoms with Gasteiger partial charge in [-0.2, -0.15) is 0 Å². The maximum absolute atomic E-state index is 13.5. The number of halogens is 3. The normalized spacial score (nSPS) is 10.9. The zero-order valence-corrected chi connectivity index (χ0v) is 17.8. The van der Waals surface area contributed by atoms with Crippen molar-refractivity contribution in [2.24, 2.45) is 4.99 Å². The zero-order valence-electron chi connectivity index (χ0n) is 15.5. The van der Waals surface area contributed by atoms with Gasteiger partial charge in [-0.1, -0.05) is 0 Å². The van der Waals surface area contributed by atoms with Crippen molar-refractivity contribution in [3.63, 3.8) is 0 Å². The van der Waals surface area contributed by atoms with Crippen LogP contribution in [0.3, 0.4) is 0 Å². The van der Waals surface area contributed by atoms with E-state index in [9.17, 15) is 8.78 Å². The van der Waals surface area contributed by atoms with Gasteiger partial charge < -0.3 is 15.4 Å². The van der Waals surface area contributed by atoms with Crippen molar-refractivity contribution in [3.8, 4) is 5.75 Å². The van der Waals surface area contributed by atoms with Gasteiger partial charge in [0.1, 0.15) is 12.4 Å². The molecule has 0 fully saturated rings. The second-order valence-corrected chi connectivity index (χ2v) is 5.66. The number of pyridine rings is 1. The topological polar surface area (TPSA) is 58.5 Å². The molecule has 0 radical (unpaired) electrons. The summed E-state index contributed by atoms with van der Waals surface area (Å²) in [6, 6.07) is 5.24. The third kappa shape index (κ3) is 8.06. The number of hydrogen-bond acceptors (Lipinski definition) is 3. The molecule has 2 aromatic rings. The van der Waals surface area contributed by atoms with Crippen molar-refractivity contribution in [2.75, 3.05) is 26.2 Å². The monoisotopic (exact) mass is 490 g/mol. The Balaban J connectivity index is 0.00000364. The fourth-order valence-electron chi connectivity index (χ4n) is 2.34. The predicted octanol–water partition coefficient (Wildman–Crippen LogP) is 3.46. The molecule has 0 atom stereocenters. The highest BCUT2D eigenvalue weighted by molar-refractivity contribution is 14.0. The van der Waals surface area contributed by atoms with E-state index in [1.807, 2.05) is 26.1 Å². The Labute approximate surface area is 175 Å². The van der Waals surface area contributed by atoms with Gasteiger partial charge in [-0.15, -0.1) is 24.0 Å². The number of guanidine groups is 1. The Morgan fingerprint density at radius 2 is 2.04 bits per heavy atom. The number of aliphatic imine (C=N–C) groups is 1. The Bertz CT molecular complexity index is 743. The van der Waals surface area contributed by atoms with E-state index in [-0.39, 0.29) is 36.3 Å². The summed E-state index contributed by atoms with van der Waals surface area (Å²) in [5.41, 5.74) is 2.37. The lowest BCUT2D eigenvalue weighted by Gasteiger charge is -2.12. The Kier molecular flexibility index (Phi) is 10.6. The van der Waals surface area contributed by atoms with Crippen LogP contribution < -0.4 is 15.4 Å². The first-order valence-electron chi connectivity index (χ1n) is 8.59. The first-order chi connectivity index (χ1) is 12.6. The molecular formula is C19H25F2IN4O. The fourth-order valence-corrected chi connectivity index (χ4v) is 2.34. The van der Waals surface area contributed by atoms with Gasteiger partial charge >= 0.3 is 0 Å². The largest absolute Gasteiger partial charge is 0.489 e. The summed E-state index contributed by atoms with van der Waals surface area (Å²) in [7, 11) is 0. The summed E-state index contributed by atoms with van der Waals surface area (Å²) in [6.45, 7) is 6.05. The maximum Gasteiger partial charge on any atom is 0.191 e. The smallest absolute Gasteiger partial charge is 0.191 e. The Hall–Kier alpha value is -1.97. The second-order valence-electron chi connectivity index (χ2n) is 5.66. The van der Waals surface area contributed by atoms with Gasteiger partial charge in [0, 0.05) is 31.5 Å². The van der Waals surface area contributed by atoms with Crippen LogP contribution in [0, 0.1) is 18.6 Å². The molecule has 1 aromatic carbocycles. The van der Waals surface area contributed by atoms with Crippen molar-refractivity contribution < 1.29 is 13.5 Å². The van der Waals surface area contributed by atoms with Crippen molar-refractivity contribution in [1.82, 2.24) is 15.6 Å². The van der Waals surface area contributed by atoms with Gasteiger partial charge in [0.2, 0.25) is 0 Å². The minimum absolute atomic E-state index is 0. The van der Waals surface area contributed by atoms with Crippen LogP contribution in [-0.2, 0) is 6.42 Å². The average Bonchev–Trinajstić information content (AvgIpc) is 2.61. The van der Waals surface area contributed by atoms with E-state index in [0.717, 1.165) is 24.6 Å². The predicted molar refractivity (Wildman–Crippen MR) is 114 cm³/mol. The molecule has 0 saturated carbocycles. The molecule has 0 aliphatic carbocycles. The second kappa shape index (κ2) is 12.4. The van der Waals surface area contributed by atoms with Crippen molar-refractivity contribution in [2.45, 2.75) is 20.3 Å². The number of aromatic nitrogens is 1. The molecule has 2 N–H and O–H groups in total. The standard InChI is InChI=1S/C19H24F2N4O.HI/c1-3-23-19(24-9-7-15-6-8-22-13-14(15)2)25-10-11-26-18-5-4-16(20)12-17(18)21;/h4-6,8,12-13H,3,7,9-11H2,1-2H3,(H2,23,24,25);1H. The van der Waals surface area contributed by atoms with E-state index >= 15 is 0 Å². The van der Waals surface area contributed by atoms with Crippen LogP contribution in [0.15, 0.2) is 41.7 Å². The van der Waals surface area contributed by atoms with E-state index < -0.39 is 11.6 Å². The minimum Gasteiger partial charge on any atom is -0.489 e. The first kappa shape index (κ1) is 23.1. The van der Waals surface area contributed by atoms with E-state index in [1.54, 1.807) is 6.20 Å². The lowest BCUT2D eigenvalue weighted by atomic mass is 10.1. The molecule has 148 valence electrons. The third-order valence-electron chi connectivity index (χ3n) is 3.68. The Morgan fingerprint density at radius 3 is 2.74 bits per heavy atom. The zero-order chi connectivity index (χ0) is 18.8. The van der Waals surface area contributed by atoms with E-state index in [4.69, 9.17) is 4.74 Å². The van der Waals surface area contributed by atoms with Crippen LogP contribution in [0.5, 0.6) is 5.75 Å². The van der Waals surface area contributed by atoms with Gasteiger partial charge in [-0.3, -0.25) is 9.98 Å². The summed E-state index contributed by atoms with van der Waals surface area (Å²) in [6.07, 6.45) is 4.44. The number of hydrogen-bond donors (Lipinski definition) is 2. The highest BCUT2D eigenvalue weighted by Gasteiger charge is 2.05. The molecular weight excluding hydrogens is 465 g/mol. The molecule has 1 heterocycles.